The summed E-state index contributed by atoms with van der Waals surface area (Å²) >= 11 is 1.50. The first-order chi connectivity index (χ1) is 7.84. The summed E-state index contributed by atoms with van der Waals surface area (Å²) in [5, 5.41) is -0.180. The molecule has 1 aromatic carbocycles. The zero-order chi connectivity index (χ0) is 13.1. The van der Waals surface area contributed by atoms with E-state index in [1.165, 1.54) is 17.3 Å². The molecule has 4 heteroatoms. The van der Waals surface area contributed by atoms with E-state index in [9.17, 15) is 4.79 Å². The molecule has 0 aromatic heterocycles. The normalized spacial score (nSPS) is 13.2. The van der Waals surface area contributed by atoms with Crippen molar-refractivity contribution in [1.29, 1.82) is 0 Å². The number of carbonyl (C=O) groups is 1. The van der Waals surface area contributed by atoms with Gasteiger partial charge in [-0.25, -0.2) is 5.84 Å². The average Bonchev–Trinajstić information content (AvgIpc) is 2.27. The van der Waals surface area contributed by atoms with Gasteiger partial charge in [-0.1, -0.05) is 32.9 Å². The molecule has 1 amide bonds. The van der Waals surface area contributed by atoms with Crippen LogP contribution in [0, 0.1) is 0 Å². The summed E-state index contributed by atoms with van der Waals surface area (Å²) in [6.07, 6.45) is 0. The molecule has 1 aromatic rings. The summed E-state index contributed by atoms with van der Waals surface area (Å²) in [7, 11) is 0. The Balaban J connectivity index is 2.72. The van der Waals surface area contributed by atoms with E-state index in [0.29, 0.717) is 0 Å². The number of hydrazine groups is 1. The maximum Gasteiger partial charge on any atom is 0.247 e. The number of hydrogen-bond donors (Lipinski definition) is 2. The number of hydrogen-bond acceptors (Lipinski definition) is 3. The second kappa shape index (κ2) is 5.56. The number of thioether (sulfide) groups is 1. The Hall–Kier alpha value is -1.00. The van der Waals surface area contributed by atoms with Crippen molar-refractivity contribution in [2.24, 2.45) is 5.84 Å². The van der Waals surface area contributed by atoms with Gasteiger partial charge in [-0.3, -0.25) is 10.2 Å². The van der Waals surface area contributed by atoms with E-state index in [1.807, 2.05) is 19.1 Å². The van der Waals surface area contributed by atoms with Crippen LogP contribution in [-0.2, 0) is 10.2 Å². The van der Waals surface area contributed by atoms with Crippen LogP contribution in [0.2, 0.25) is 0 Å². The first-order valence-electron chi connectivity index (χ1n) is 5.62. The molecular formula is C13H20N2OS. The molecule has 0 bridgehead atoms. The average molecular weight is 252 g/mol. The minimum Gasteiger partial charge on any atom is -0.293 e. The van der Waals surface area contributed by atoms with Gasteiger partial charge in [0.1, 0.15) is 0 Å². The fraction of sp³-hybridized carbons (Fsp3) is 0.462. The second-order valence-electron chi connectivity index (χ2n) is 5.04. The van der Waals surface area contributed by atoms with Crippen LogP contribution in [-0.4, -0.2) is 11.2 Å². The van der Waals surface area contributed by atoms with Gasteiger partial charge < -0.3 is 0 Å². The van der Waals surface area contributed by atoms with E-state index >= 15 is 0 Å². The molecule has 0 aliphatic heterocycles. The predicted octanol–water partition coefficient (Wildman–Crippen LogP) is 2.45. The Morgan fingerprint density at radius 3 is 2.24 bits per heavy atom. The summed E-state index contributed by atoms with van der Waals surface area (Å²) < 4.78 is 0. The van der Waals surface area contributed by atoms with Crippen molar-refractivity contribution in [2.45, 2.75) is 43.3 Å². The van der Waals surface area contributed by atoms with Gasteiger partial charge in [0.15, 0.2) is 0 Å². The third kappa shape index (κ3) is 4.06. The predicted molar refractivity (Wildman–Crippen MR) is 72.8 cm³/mol. The van der Waals surface area contributed by atoms with E-state index in [2.05, 4.69) is 38.3 Å². The lowest BCUT2D eigenvalue weighted by molar-refractivity contribution is -0.120. The number of amides is 1. The highest BCUT2D eigenvalue weighted by Gasteiger charge is 2.15. The summed E-state index contributed by atoms with van der Waals surface area (Å²) in [6, 6.07) is 8.31. The van der Waals surface area contributed by atoms with Crippen LogP contribution >= 0.6 is 11.8 Å². The molecule has 0 saturated carbocycles. The molecule has 0 saturated heterocycles. The van der Waals surface area contributed by atoms with Crippen molar-refractivity contribution in [3.63, 3.8) is 0 Å². The molecule has 1 unspecified atom stereocenters. The van der Waals surface area contributed by atoms with Crippen molar-refractivity contribution in [3.8, 4) is 0 Å². The standard InChI is InChI=1S/C13H20N2OS/c1-9(12(16)15-14)17-11-7-5-10(6-8-11)13(2,3)4/h5-9H,14H2,1-4H3,(H,15,16). The Kier molecular flexibility index (Phi) is 4.60. The number of rotatable bonds is 3. The van der Waals surface area contributed by atoms with E-state index in [1.54, 1.807) is 0 Å². The smallest absolute Gasteiger partial charge is 0.247 e. The summed E-state index contributed by atoms with van der Waals surface area (Å²) in [5.74, 6) is 4.94. The third-order valence-corrected chi connectivity index (χ3v) is 3.66. The lowest BCUT2D eigenvalue weighted by Crippen LogP contribution is -2.36. The van der Waals surface area contributed by atoms with Gasteiger partial charge in [0.25, 0.3) is 0 Å². The Bertz CT molecular complexity index is 381. The van der Waals surface area contributed by atoms with E-state index < -0.39 is 0 Å². The largest absolute Gasteiger partial charge is 0.293 e. The Morgan fingerprint density at radius 1 is 1.29 bits per heavy atom. The molecular weight excluding hydrogens is 232 g/mol. The molecule has 0 aliphatic rings. The lowest BCUT2D eigenvalue weighted by Gasteiger charge is -2.19. The van der Waals surface area contributed by atoms with Gasteiger partial charge >= 0.3 is 0 Å². The van der Waals surface area contributed by atoms with E-state index in [0.717, 1.165) is 4.90 Å². The first-order valence-corrected chi connectivity index (χ1v) is 6.50. The van der Waals surface area contributed by atoms with E-state index in [-0.39, 0.29) is 16.6 Å². The highest BCUT2D eigenvalue weighted by atomic mass is 32.2. The molecule has 0 aliphatic carbocycles. The van der Waals surface area contributed by atoms with Crippen molar-refractivity contribution in [1.82, 2.24) is 5.43 Å². The topological polar surface area (TPSA) is 55.1 Å². The number of carbonyl (C=O) groups excluding carboxylic acids is 1. The SMILES string of the molecule is CC(Sc1ccc(C(C)(C)C)cc1)C(=O)NN. The third-order valence-electron chi connectivity index (χ3n) is 2.54. The maximum atomic E-state index is 11.3. The van der Waals surface area contributed by atoms with Gasteiger partial charge in [0.2, 0.25) is 5.91 Å². The van der Waals surface area contributed by atoms with Crippen molar-refractivity contribution < 1.29 is 4.79 Å². The van der Waals surface area contributed by atoms with Crippen LogP contribution < -0.4 is 11.3 Å². The number of benzene rings is 1. The summed E-state index contributed by atoms with van der Waals surface area (Å²) in [5.41, 5.74) is 3.61. The Morgan fingerprint density at radius 2 is 1.82 bits per heavy atom. The van der Waals surface area contributed by atoms with Gasteiger partial charge in [-0.15, -0.1) is 11.8 Å². The molecule has 1 atom stereocenters. The zero-order valence-corrected chi connectivity index (χ0v) is 11.6. The van der Waals surface area contributed by atoms with Crippen LogP contribution in [0.5, 0.6) is 0 Å². The number of nitrogens with one attached hydrogen (secondary N) is 1. The summed E-state index contributed by atoms with van der Waals surface area (Å²) in [6.45, 7) is 8.38. The highest BCUT2D eigenvalue weighted by Crippen LogP contribution is 2.27. The minimum absolute atomic E-state index is 0.156. The molecule has 3 N–H and O–H groups in total. The van der Waals surface area contributed by atoms with Crippen LogP contribution in [0.15, 0.2) is 29.2 Å². The van der Waals surface area contributed by atoms with Gasteiger partial charge in [0.05, 0.1) is 5.25 Å². The monoisotopic (exact) mass is 252 g/mol. The van der Waals surface area contributed by atoms with Gasteiger partial charge in [-0.2, -0.15) is 0 Å². The molecule has 94 valence electrons. The van der Waals surface area contributed by atoms with Crippen LogP contribution in [0.1, 0.15) is 33.3 Å². The fourth-order valence-corrected chi connectivity index (χ4v) is 2.29. The maximum absolute atomic E-state index is 11.3. The molecule has 0 fully saturated rings. The molecule has 0 radical (unpaired) electrons. The molecule has 1 rings (SSSR count). The van der Waals surface area contributed by atoms with Gasteiger partial charge in [0, 0.05) is 4.90 Å². The number of nitrogens with two attached hydrogens (primary N) is 1. The van der Waals surface area contributed by atoms with Crippen LogP contribution in [0.3, 0.4) is 0 Å². The molecule has 17 heavy (non-hydrogen) atoms. The quantitative estimate of drug-likeness (QED) is 0.376. The highest BCUT2D eigenvalue weighted by molar-refractivity contribution is 8.00. The fourth-order valence-electron chi connectivity index (χ4n) is 1.41. The van der Waals surface area contributed by atoms with E-state index in [4.69, 9.17) is 5.84 Å². The molecule has 0 heterocycles. The van der Waals surface area contributed by atoms with Crippen molar-refractivity contribution in [3.05, 3.63) is 29.8 Å². The van der Waals surface area contributed by atoms with Crippen LogP contribution in [0.25, 0.3) is 0 Å². The van der Waals surface area contributed by atoms with Crippen LogP contribution in [0.4, 0.5) is 0 Å². The van der Waals surface area contributed by atoms with Crippen molar-refractivity contribution >= 4 is 17.7 Å². The molecule has 0 spiro atoms. The second-order valence-corrected chi connectivity index (χ2v) is 6.46. The molecule has 3 nitrogen and oxygen atoms in total. The first kappa shape index (κ1) is 14.1. The lowest BCUT2D eigenvalue weighted by atomic mass is 9.87. The van der Waals surface area contributed by atoms with Crippen molar-refractivity contribution in [2.75, 3.05) is 0 Å². The zero-order valence-electron chi connectivity index (χ0n) is 10.8. The minimum atomic E-state index is -0.180. The Labute approximate surface area is 107 Å². The van der Waals surface area contributed by atoms with Gasteiger partial charge in [-0.05, 0) is 30.0 Å². The summed E-state index contributed by atoms with van der Waals surface area (Å²) in [4.78, 5) is 12.4.